The van der Waals surface area contributed by atoms with Gasteiger partial charge in [0.2, 0.25) is 10.0 Å². The van der Waals surface area contributed by atoms with Gasteiger partial charge >= 0.3 is 6.09 Å². The summed E-state index contributed by atoms with van der Waals surface area (Å²) in [6.07, 6.45) is 1.31. The molecule has 0 spiro atoms. The SMILES string of the molecule is CCCCOC(=O)NCc1ccc(S(=O)(=O)NCCOC)cc1. The highest BCUT2D eigenvalue weighted by atomic mass is 32.2. The molecule has 0 unspecified atom stereocenters. The molecule has 2 N–H and O–H groups in total. The molecule has 0 aliphatic rings. The summed E-state index contributed by atoms with van der Waals surface area (Å²) in [6.45, 7) is 3.21. The van der Waals surface area contributed by atoms with Gasteiger partial charge in [-0.25, -0.2) is 17.9 Å². The molecular weight excluding hydrogens is 320 g/mol. The number of alkyl carbamates (subject to hydrolysis) is 1. The molecule has 1 rings (SSSR count). The lowest BCUT2D eigenvalue weighted by atomic mass is 10.2. The lowest BCUT2D eigenvalue weighted by Gasteiger charge is -2.08. The van der Waals surface area contributed by atoms with E-state index in [2.05, 4.69) is 10.0 Å². The minimum absolute atomic E-state index is 0.169. The fourth-order valence-corrected chi connectivity index (χ4v) is 2.70. The summed E-state index contributed by atoms with van der Waals surface area (Å²) in [5.41, 5.74) is 0.785. The molecule has 0 saturated heterocycles. The Morgan fingerprint density at radius 2 is 1.87 bits per heavy atom. The summed E-state index contributed by atoms with van der Waals surface area (Å²) in [4.78, 5) is 11.6. The number of amides is 1. The van der Waals surface area contributed by atoms with Crippen LogP contribution in [0.25, 0.3) is 0 Å². The maximum Gasteiger partial charge on any atom is 0.407 e. The number of ether oxygens (including phenoxy) is 2. The molecule has 1 amide bonds. The smallest absolute Gasteiger partial charge is 0.407 e. The highest BCUT2D eigenvalue weighted by molar-refractivity contribution is 7.89. The van der Waals surface area contributed by atoms with Crippen LogP contribution in [-0.4, -0.2) is 41.4 Å². The first-order chi connectivity index (χ1) is 11.0. The largest absolute Gasteiger partial charge is 0.450 e. The van der Waals surface area contributed by atoms with Crippen LogP contribution in [0.3, 0.4) is 0 Å². The van der Waals surface area contributed by atoms with Crippen LogP contribution >= 0.6 is 0 Å². The van der Waals surface area contributed by atoms with Gasteiger partial charge in [-0.1, -0.05) is 25.5 Å². The van der Waals surface area contributed by atoms with Crippen molar-refractivity contribution in [3.05, 3.63) is 29.8 Å². The van der Waals surface area contributed by atoms with Crippen molar-refractivity contribution in [2.45, 2.75) is 31.2 Å². The lowest BCUT2D eigenvalue weighted by molar-refractivity contribution is 0.144. The van der Waals surface area contributed by atoms with Gasteiger partial charge in [0.25, 0.3) is 0 Å². The highest BCUT2D eigenvalue weighted by Gasteiger charge is 2.13. The van der Waals surface area contributed by atoms with E-state index in [0.717, 1.165) is 18.4 Å². The summed E-state index contributed by atoms with van der Waals surface area (Å²) in [6, 6.07) is 6.29. The maximum atomic E-state index is 12.0. The average molecular weight is 344 g/mol. The molecule has 0 bridgehead atoms. The Morgan fingerprint density at radius 3 is 2.48 bits per heavy atom. The van der Waals surface area contributed by atoms with Gasteiger partial charge in [-0.05, 0) is 24.1 Å². The Labute approximate surface area is 137 Å². The number of carbonyl (C=O) groups is 1. The van der Waals surface area contributed by atoms with E-state index in [9.17, 15) is 13.2 Å². The molecule has 23 heavy (non-hydrogen) atoms. The van der Waals surface area contributed by atoms with Crippen LogP contribution in [0.15, 0.2) is 29.2 Å². The van der Waals surface area contributed by atoms with Crippen LogP contribution < -0.4 is 10.0 Å². The molecule has 130 valence electrons. The number of nitrogens with one attached hydrogen (secondary N) is 2. The number of rotatable bonds is 10. The lowest BCUT2D eigenvalue weighted by Crippen LogP contribution is -2.27. The Bertz CT molecular complexity index is 572. The summed E-state index contributed by atoms with van der Waals surface area (Å²) in [7, 11) is -2.03. The maximum absolute atomic E-state index is 12.0. The van der Waals surface area contributed by atoms with Crippen molar-refractivity contribution >= 4 is 16.1 Å². The normalized spacial score (nSPS) is 11.2. The zero-order valence-electron chi connectivity index (χ0n) is 13.5. The summed E-state index contributed by atoms with van der Waals surface area (Å²) in [5, 5.41) is 2.62. The van der Waals surface area contributed by atoms with E-state index < -0.39 is 16.1 Å². The van der Waals surface area contributed by atoms with Gasteiger partial charge in [-0.15, -0.1) is 0 Å². The van der Waals surface area contributed by atoms with Gasteiger partial charge in [-0.2, -0.15) is 0 Å². The van der Waals surface area contributed by atoms with Crippen LogP contribution in [0, 0.1) is 0 Å². The van der Waals surface area contributed by atoms with E-state index in [4.69, 9.17) is 9.47 Å². The Morgan fingerprint density at radius 1 is 1.17 bits per heavy atom. The number of sulfonamides is 1. The van der Waals surface area contributed by atoms with E-state index in [1.165, 1.54) is 19.2 Å². The van der Waals surface area contributed by atoms with Gasteiger partial charge in [-0.3, -0.25) is 0 Å². The van der Waals surface area contributed by atoms with E-state index in [-0.39, 0.29) is 18.0 Å². The highest BCUT2D eigenvalue weighted by Crippen LogP contribution is 2.10. The third-order valence-corrected chi connectivity index (χ3v) is 4.48. The zero-order chi connectivity index (χ0) is 17.1. The first kappa shape index (κ1) is 19.4. The number of carbonyl (C=O) groups excluding carboxylic acids is 1. The number of methoxy groups -OCH3 is 1. The molecule has 0 heterocycles. The molecule has 0 aromatic heterocycles. The van der Waals surface area contributed by atoms with Gasteiger partial charge < -0.3 is 14.8 Å². The second kappa shape index (κ2) is 10.2. The number of hydrogen-bond donors (Lipinski definition) is 2. The molecule has 0 aliphatic heterocycles. The predicted molar refractivity (Wildman–Crippen MR) is 86.6 cm³/mol. The first-order valence-electron chi connectivity index (χ1n) is 7.47. The molecule has 1 aromatic carbocycles. The molecule has 0 saturated carbocycles. The van der Waals surface area contributed by atoms with E-state index in [1.54, 1.807) is 12.1 Å². The molecule has 1 aromatic rings. The van der Waals surface area contributed by atoms with Crippen LogP contribution in [0.4, 0.5) is 4.79 Å². The minimum atomic E-state index is -3.54. The minimum Gasteiger partial charge on any atom is -0.450 e. The quantitative estimate of drug-likeness (QED) is 0.629. The number of unbranched alkanes of at least 4 members (excludes halogenated alkanes) is 1. The molecular formula is C15H24N2O5S. The Balaban J connectivity index is 2.48. The Kier molecular flexibility index (Phi) is 8.60. The summed E-state index contributed by atoms with van der Waals surface area (Å²) >= 11 is 0. The molecule has 0 atom stereocenters. The van der Waals surface area contributed by atoms with Crippen LogP contribution in [0.5, 0.6) is 0 Å². The van der Waals surface area contributed by atoms with Crippen molar-refractivity contribution < 1.29 is 22.7 Å². The van der Waals surface area contributed by atoms with E-state index >= 15 is 0 Å². The Hall–Kier alpha value is -1.64. The summed E-state index contributed by atoms with van der Waals surface area (Å²) < 4.78 is 36.2. The van der Waals surface area contributed by atoms with Gasteiger partial charge in [0.15, 0.2) is 0 Å². The second-order valence-corrected chi connectivity index (χ2v) is 6.64. The third kappa shape index (κ3) is 7.45. The zero-order valence-corrected chi connectivity index (χ0v) is 14.3. The third-order valence-electron chi connectivity index (χ3n) is 3.00. The molecule has 8 heteroatoms. The fraction of sp³-hybridized carbons (Fsp3) is 0.533. The van der Waals surface area contributed by atoms with Crippen molar-refractivity contribution in [2.75, 3.05) is 26.9 Å². The van der Waals surface area contributed by atoms with E-state index in [0.29, 0.717) is 13.2 Å². The average Bonchev–Trinajstić information content (AvgIpc) is 2.54. The standard InChI is InChI=1S/C15H24N2O5S/c1-3-4-10-22-15(18)16-12-13-5-7-14(8-6-13)23(19,20)17-9-11-21-2/h5-8,17H,3-4,9-12H2,1-2H3,(H,16,18). The molecule has 0 fully saturated rings. The fourth-order valence-electron chi connectivity index (χ4n) is 1.68. The molecule has 7 nitrogen and oxygen atoms in total. The number of hydrogen-bond acceptors (Lipinski definition) is 5. The summed E-state index contributed by atoms with van der Waals surface area (Å²) in [5.74, 6) is 0. The van der Waals surface area contributed by atoms with Crippen LogP contribution in [-0.2, 0) is 26.0 Å². The van der Waals surface area contributed by atoms with E-state index in [1.807, 2.05) is 6.92 Å². The van der Waals surface area contributed by atoms with Gasteiger partial charge in [0.05, 0.1) is 18.1 Å². The molecule has 0 aliphatic carbocycles. The van der Waals surface area contributed by atoms with Crippen molar-refractivity contribution in [1.29, 1.82) is 0 Å². The number of benzene rings is 1. The molecule has 0 radical (unpaired) electrons. The van der Waals surface area contributed by atoms with Crippen LogP contribution in [0.1, 0.15) is 25.3 Å². The predicted octanol–water partition coefficient (Wildman–Crippen LogP) is 1.64. The topological polar surface area (TPSA) is 93.7 Å². The second-order valence-electron chi connectivity index (χ2n) is 4.88. The van der Waals surface area contributed by atoms with Crippen LogP contribution in [0.2, 0.25) is 0 Å². The van der Waals surface area contributed by atoms with Crippen molar-refractivity contribution in [3.63, 3.8) is 0 Å². The van der Waals surface area contributed by atoms with Crippen molar-refractivity contribution in [1.82, 2.24) is 10.0 Å². The van der Waals surface area contributed by atoms with Crippen molar-refractivity contribution in [2.24, 2.45) is 0 Å². The van der Waals surface area contributed by atoms with Crippen molar-refractivity contribution in [3.8, 4) is 0 Å². The van der Waals surface area contributed by atoms with Gasteiger partial charge in [0.1, 0.15) is 0 Å². The monoisotopic (exact) mass is 344 g/mol. The van der Waals surface area contributed by atoms with Gasteiger partial charge in [0, 0.05) is 20.2 Å². The first-order valence-corrected chi connectivity index (χ1v) is 8.96.